The van der Waals surface area contributed by atoms with Gasteiger partial charge in [0.2, 0.25) is 5.91 Å². The second-order valence-electron chi connectivity index (χ2n) is 7.72. The van der Waals surface area contributed by atoms with Gasteiger partial charge in [-0.3, -0.25) is 9.69 Å². The lowest BCUT2D eigenvalue weighted by molar-refractivity contribution is -0.122. The topological polar surface area (TPSA) is 53.6 Å². The lowest BCUT2D eigenvalue weighted by atomic mass is 9.93. The highest BCUT2D eigenvalue weighted by atomic mass is 35.5. The summed E-state index contributed by atoms with van der Waals surface area (Å²) in [5, 5.41) is 7.34. The highest BCUT2D eigenvalue weighted by Gasteiger charge is 2.21. The molecule has 1 amide bonds. The molecule has 0 spiro atoms. The normalized spacial score (nSPS) is 19.7. The Morgan fingerprint density at radius 3 is 2.56 bits per heavy atom. The van der Waals surface area contributed by atoms with Crippen LogP contribution >= 0.6 is 11.6 Å². The first-order valence-corrected chi connectivity index (χ1v) is 10.7. The summed E-state index contributed by atoms with van der Waals surface area (Å²) >= 11 is 5.88. The molecule has 5 nitrogen and oxygen atoms in total. The predicted molar refractivity (Wildman–Crippen MR) is 109 cm³/mol. The molecule has 2 aliphatic rings. The fourth-order valence-electron chi connectivity index (χ4n) is 3.93. The fourth-order valence-corrected chi connectivity index (χ4v) is 4.06. The predicted octanol–water partition coefficient (Wildman–Crippen LogP) is 3.08. The van der Waals surface area contributed by atoms with Crippen molar-refractivity contribution in [1.82, 2.24) is 15.5 Å². The molecule has 0 atom stereocenters. The quantitative estimate of drug-likeness (QED) is 0.712. The van der Waals surface area contributed by atoms with Gasteiger partial charge in [-0.25, -0.2) is 0 Å². The average Bonchev–Trinajstić information content (AvgIpc) is 2.70. The average molecular weight is 394 g/mol. The molecule has 2 saturated heterocycles. The van der Waals surface area contributed by atoms with Crippen LogP contribution < -0.4 is 15.4 Å². The van der Waals surface area contributed by atoms with E-state index in [1.807, 2.05) is 24.3 Å². The van der Waals surface area contributed by atoms with Gasteiger partial charge in [-0.05, 0) is 75.4 Å². The van der Waals surface area contributed by atoms with E-state index in [0.29, 0.717) is 19.1 Å². The largest absolute Gasteiger partial charge is 0.492 e. The van der Waals surface area contributed by atoms with Crippen molar-refractivity contribution in [1.29, 1.82) is 0 Å². The third-order valence-electron chi connectivity index (χ3n) is 5.68. The number of amides is 1. The first-order valence-electron chi connectivity index (χ1n) is 10.3. The van der Waals surface area contributed by atoms with E-state index in [1.54, 1.807) is 0 Å². The number of piperidine rings is 2. The van der Waals surface area contributed by atoms with Crippen molar-refractivity contribution in [2.24, 2.45) is 5.92 Å². The van der Waals surface area contributed by atoms with Crippen molar-refractivity contribution < 1.29 is 9.53 Å². The number of hydrogen-bond acceptors (Lipinski definition) is 4. The van der Waals surface area contributed by atoms with Gasteiger partial charge in [0, 0.05) is 37.1 Å². The highest BCUT2D eigenvalue weighted by molar-refractivity contribution is 6.30. The molecule has 0 aliphatic carbocycles. The van der Waals surface area contributed by atoms with E-state index in [1.165, 1.54) is 12.8 Å². The van der Waals surface area contributed by atoms with E-state index in [-0.39, 0.29) is 5.91 Å². The van der Waals surface area contributed by atoms with Crippen LogP contribution in [0.15, 0.2) is 24.3 Å². The van der Waals surface area contributed by atoms with Crippen molar-refractivity contribution in [3.8, 4) is 5.75 Å². The number of nitrogens with zero attached hydrogens (tertiary/aromatic N) is 1. The molecule has 1 aromatic rings. The van der Waals surface area contributed by atoms with Crippen molar-refractivity contribution in [3.05, 3.63) is 29.3 Å². The second kappa shape index (κ2) is 10.9. The third kappa shape index (κ3) is 7.32. The second-order valence-corrected chi connectivity index (χ2v) is 8.15. The molecule has 2 aliphatic heterocycles. The van der Waals surface area contributed by atoms with Gasteiger partial charge < -0.3 is 15.4 Å². The lowest BCUT2D eigenvalue weighted by Gasteiger charge is -2.32. The summed E-state index contributed by atoms with van der Waals surface area (Å²) in [4.78, 5) is 14.6. The summed E-state index contributed by atoms with van der Waals surface area (Å²) < 4.78 is 5.77. The summed E-state index contributed by atoms with van der Waals surface area (Å²) in [6.07, 6.45) is 6.20. The smallest absolute Gasteiger partial charge is 0.220 e. The van der Waals surface area contributed by atoms with E-state index in [9.17, 15) is 4.79 Å². The van der Waals surface area contributed by atoms with E-state index < -0.39 is 0 Å². The molecule has 0 radical (unpaired) electrons. The van der Waals surface area contributed by atoms with Crippen LogP contribution in [0.1, 0.15) is 38.5 Å². The number of nitrogens with one attached hydrogen (secondary N) is 2. The van der Waals surface area contributed by atoms with Gasteiger partial charge in [-0.15, -0.1) is 0 Å². The van der Waals surface area contributed by atoms with Crippen LogP contribution in [0.4, 0.5) is 0 Å². The SMILES string of the molecule is O=C(CCC1CCNCC1)NC1CCN(CCOc2ccc(Cl)cc2)CC1. The number of carbonyl (C=O) groups is 1. The van der Waals surface area contributed by atoms with Gasteiger partial charge in [0.05, 0.1) is 0 Å². The van der Waals surface area contributed by atoms with Gasteiger partial charge in [-0.2, -0.15) is 0 Å². The minimum absolute atomic E-state index is 0.234. The number of benzene rings is 1. The van der Waals surface area contributed by atoms with Crippen LogP contribution in [0.3, 0.4) is 0 Å². The maximum atomic E-state index is 12.2. The number of rotatable bonds is 8. The van der Waals surface area contributed by atoms with Crippen LogP contribution in [-0.2, 0) is 4.79 Å². The van der Waals surface area contributed by atoms with Crippen LogP contribution in [0.5, 0.6) is 5.75 Å². The third-order valence-corrected chi connectivity index (χ3v) is 5.93. The van der Waals surface area contributed by atoms with Crippen LogP contribution in [0, 0.1) is 5.92 Å². The number of carbonyl (C=O) groups excluding carboxylic acids is 1. The minimum Gasteiger partial charge on any atom is -0.492 e. The molecule has 1 aromatic carbocycles. The molecule has 0 aromatic heterocycles. The van der Waals surface area contributed by atoms with Gasteiger partial charge >= 0.3 is 0 Å². The molecule has 0 bridgehead atoms. The van der Waals surface area contributed by atoms with Crippen LogP contribution in [-0.4, -0.2) is 56.2 Å². The molecule has 0 saturated carbocycles. The molecule has 0 unspecified atom stereocenters. The van der Waals surface area contributed by atoms with Gasteiger partial charge in [0.1, 0.15) is 12.4 Å². The minimum atomic E-state index is 0.234. The molecule has 2 N–H and O–H groups in total. The van der Waals surface area contributed by atoms with Gasteiger partial charge in [0.15, 0.2) is 0 Å². The van der Waals surface area contributed by atoms with Gasteiger partial charge in [-0.1, -0.05) is 11.6 Å². The molecule has 150 valence electrons. The Hall–Kier alpha value is -1.30. The van der Waals surface area contributed by atoms with Crippen LogP contribution in [0.25, 0.3) is 0 Å². The molecule has 27 heavy (non-hydrogen) atoms. The first-order chi connectivity index (χ1) is 13.2. The maximum absolute atomic E-state index is 12.2. The summed E-state index contributed by atoms with van der Waals surface area (Å²) in [7, 11) is 0. The molecular weight excluding hydrogens is 362 g/mol. The zero-order chi connectivity index (χ0) is 18.9. The summed E-state index contributed by atoms with van der Waals surface area (Å²) in [6.45, 7) is 5.83. The zero-order valence-corrected chi connectivity index (χ0v) is 16.8. The number of halogens is 1. The Labute approximate surface area is 167 Å². The van der Waals surface area contributed by atoms with Crippen molar-refractivity contribution in [2.45, 2.75) is 44.6 Å². The Morgan fingerprint density at radius 1 is 1.15 bits per heavy atom. The van der Waals surface area contributed by atoms with E-state index in [2.05, 4.69) is 15.5 Å². The van der Waals surface area contributed by atoms with E-state index in [4.69, 9.17) is 16.3 Å². The van der Waals surface area contributed by atoms with Crippen molar-refractivity contribution in [2.75, 3.05) is 39.3 Å². The summed E-state index contributed by atoms with van der Waals surface area (Å²) in [5.41, 5.74) is 0. The Kier molecular flexibility index (Phi) is 8.24. The van der Waals surface area contributed by atoms with Crippen molar-refractivity contribution in [3.63, 3.8) is 0 Å². The Balaban J connectivity index is 1.26. The zero-order valence-electron chi connectivity index (χ0n) is 16.1. The number of likely N-dealkylation sites (tertiary alicyclic amines) is 1. The Morgan fingerprint density at radius 2 is 1.85 bits per heavy atom. The first kappa shape index (κ1) is 20.4. The number of hydrogen-bond donors (Lipinski definition) is 2. The molecule has 3 rings (SSSR count). The fraction of sp³-hybridized carbons (Fsp3) is 0.667. The monoisotopic (exact) mass is 393 g/mol. The molecule has 2 heterocycles. The van der Waals surface area contributed by atoms with Crippen LogP contribution in [0.2, 0.25) is 5.02 Å². The molecular formula is C21H32ClN3O2. The van der Waals surface area contributed by atoms with Crippen molar-refractivity contribution >= 4 is 17.5 Å². The van der Waals surface area contributed by atoms with E-state index >= 15 is 0 Å². The maximum Gasteiger partial charge on any atom is 0.220 e. The summed E-state index contributed by atoms with van der Waals surface area (Å²) in [5.74, 6) is 1.81. The lowest BCUT2D eigenvalue weighted by Crippen LogP contribution is -2.45. The highest BCUT2D eigenvalue weighted by Crippen LogP contribution is 2.18. The number of ether oxygens (including phenoxy) is 1. The Bertz CT molecular complexity index is 567. The molecule has 6 heteroatoms. The summed E-state index contributed by atoms with van der Waals surface area (Å²) in [6, 6.07) is 7.81. The van der Waals surface area contributed by atoms with E-state index in [0.717, 1.165) is 68.7 Å². The standard InChI is InChI=1S/C21H32ClN3O2/c22-18-2-4-20(5-3-18)27-16-15-25-13-9-19(10-14-25)24-21(26)6-1-17-7-11-23-12-8-17/h2-5,17,19,23H,1,6-16H2,(H,24,26). The molecule has 2 fully saturated rings. The van der Waals surface area contributed by atoms with Gasteiger partial charge in [0.25, 0.3) is 0 Å².